The number of rotatable bonds is 2. The average Bonchev–Trinajstić information content (AvgIpc) is 3.19. The van der Waals surface area contributed by atoms with E-state index in [4.69, 9.17) is 27.9 Å². The van der Waals surface area contributed by atoms with Crippen LogP contribution in [0.2, 0.25) is 0 Å². The average molecular weight is 363 g/mol. The molecule has 1 aliphatic heterocycles. The molecule has 2 aliphatic rings. The van der Waals surface area contributed by atoms with Crippen LogP contribution in [-0.4, -0.2) is 21.2 Å². The summed E-state index contributed by atoms with van der Waals surface area (Å²) in [6.45, 7) is 0.285. The van der Waals surface area contributed by atoms with Gasteiger partial charge in [-0.05, 0) is 17.7 Å². The molecule has 2 aromatic rings. The van der Waals surface area contributed by atoms with Crippen LogP contribution in [0.5, 0.6) is 5.75 Å². The molecule has 0 spiro atoms. The number of carboxylic acid groups (broad SMARTS) is 1. The zero-order valence-electron chi connectivity index (χ0n) is 12.4. The molecule has 122 valence electrons. The molecule has 0 bridgehead atoms. The summed E-state index contributed by atoms with van der Waals surface area (Å²) in [5.41, 5.74) is 0.696. The highest BCUT2D eigenvalue weighted by Crippen LogP contribution is 2.65. The van der Waals surface area contributed by atoms with Gasteiger partial charge in [0, 0.05) is 17.5 Å². The van der Waals surface area contributed by atoms with Gasteiger partial charge in [-0.15, -0.1) is 0 Å². The molecule has 1 unspecified atom stereocenters. The van der Waals surface area contributed by atoms with Gasteiger partial charge in [-0.25, -0.2) is 0 Å². The van der Waals surface area contributed by atoms with Gasteiger partial charge in [0.15, 0.2) is 5.78 Å². The lowest BCUT2D eigenvalue weighted by Crippen LogP contribution is -2.26. The van der Waals surface area contributed by atoms with Gasteiger partial charge < -0.3 is 9.84 Å². The highest BCUT2D eigenvalue weighted by atomic mass is 35.5. The van der Waals surface area contributed by atoms with Gasteiger partial charge in [-0.3, -0.25) is 9.59 Å². The van der Waals surface area contributed by atoms with Crippen LogP contribution in [0.25, 0.3) is 0 Å². The summed E-state index contributed by atoms with van der Waals surface area (Å²) >= 11 is 12.2. The summed E-state index contributed by atoms with van der Waals surface area (Å²) in [5, 5.41) is 9.59. The summed E-state index contributed by atoms with van der Waals surface area (Å²) in [7, 11) is 0. The quantitative estimate of drug-likeness (QED) is 0.827. The normalized spacial score (nSPS) is 23.5. The van der Waals surface area contributed by atoms with Crippen LogP contribution in [0.15, 0.2) is 42.5 Å². The Labute approximate surface area is 148 Å². The standard InChI is InChI=1S/C18H12Cl2O4/c19-18(20)9-17(18,16(22)23)11-5-6-14-13(7-11)15(21)12-4-2-1-3-10(12)8-24-14/h1-7H,8-9H2,(H,22,23). The zero-order valence-corrected chi connectivity index (χ0v) is 13.9. The van der Waals surface area contributed by atoms with Crippen molar-refractivity contribution >= 4 is 35.0 Å². The van der Waals surface area contributed by atoms with Gasteiger partial charge in [0.1, 0.15) is 22.1 Å². The predicted molar refractivity (Wildman–Crippen MR) is 89.0 cm³/mol. The molecule has 0 saturated heterocycles. The van der Waals surface area contributed by atoms with Crippen molar-refractivity contribution < 1.29 is 19.4 Å². The maximum absolute atomic E-state index is 12.9. The monoisotopic (exact) mass is 362 g/mol. The number of benzene rings is 2. The molecule has 1 saturated carbocycles. The van der Waals surface area contributed by atoms with E-state index >= 15 is 0 Å². The minimum Gasteiger partial charge on any atom is -0.488 e. The highest BCUT2D eigenvalue weighted by molar-refractivity contribution is 6.54. The minimum atomic E-state index is -1.39. The Morgan fingerprint density at radius 1 is 1.12 bits per heavy atom. The van der Waals surface area contributed by atoms with Gasteiger partial charge in [-0.2, -0.15) is 0 Å². The van der Waals surface area contributed by atoms with Crippen LogP contribution in [0.1, 0.15) is 33.5 Å². The third-order valence-electron chi connectivity index (χ3n) is 4.71. The van der Waals surface area contributed by atoms with E-state index in [1.807, 2.05) is 12.1 Å². The number of hydrogen-bond donors (Lipinski definition) is 1. The van der Waals surface area contributed by atoms with Gasteiger partial charge in [0.05, 0.1) is 5.56 Å². The largest absolute Gasteiger partial charge is 0.488 e. The number of aliphatic carboxylic acids is 1. The Balaban J connectivity index is 1.86. The number of fused-ring (bicyclic) bond motifs is 2. The summed E-state index contributed by atoms with van der Waals surface area (Å²) in [6, 6.07) is 12.0. The van der Waals surface area contributed by atoms with Gasteiger partial charge in [-0.1, -0.05) is 53.5 Å². The number of halogens is 2. The first-order valence-electron chi connectivity index (χ1n) is 7.38. The molecule has 1 N–H and O–H groups in total. The number of carbonyl (C=O) groups is 2. The van der Waals surface area contributed by atoms with Crippen molar-refractivity contribution in [2.45, 2.75) is 22.8 Å². The topological polar surface area (TPSA) is 63.6 Å². The van der Waals surface area contributed by atoms with Crippen LogP contribution in [-0.2, 0) is 16.8 Å². The number of alkyl halides is 2. The molecule has 1 fully saturated rings. The summed E-state index contributed by atoms with van der Waals surface area (Å²) < 4.78 is 4.34. The smallest absolute Gasteiger partial charge is 0.317 e. The van der Waals surface area contributed by atoms with Crippen molar-refractivity contribution in [1.82, 2.24) is 0 Å². The van der Waals surface area contributed by atoms with E-state index in [-0.39, 0.29) is 18.8 Å². The number of hydrogen-bond acceptors (Lipinski definition) is 3. The molecule has 1 heterocycles. The Morgan fingerprint density at radius 3 is 2.50 bits per heavy atom. The molecule has 24 heavy (non-hydrogen) atoms. The zero-order chi connectivity index (χ0) is 17.1. The van der Waals surface area contributed by atoms with Crippen molar-refractivity contribution in [3.8, 4) is 5.75 Å². The third kappa shape index (κ3) is 2.00. The summed E-state index contributed by atoms with van der Waals surface area (Å²) in [6.07, 6.45) is 0.100. The maximum Gasteiger partial charge on any atom is 0.317 e. The molecule has 6 heteroatoms. The number of ether oxygens (including phenoxy) is 1. The fourth-order valence-corrected chi connectivity index (χ4v) is 4.01. The molecule has 2 aromatic carbocycles. The molecule has 1 atom stereocenters. The van der Waals surface area contributed by atoms with Crippen molar-refractivity contribution in [3.63, 3.8) is 0 Å². The van der Waals surface area contributed by atoms with E-state index < -0.39 is 15.7 Å². The van der Waals surface area contributed by atoms with Crippen LogP contribution >= 0.6 is 23.2 Å². The molecule has 0 amide bonds. The number of carbonyl (C=O) groups excluding carboxylic acids is 1. The minimum absolute atomic E-state index is 0.100. The second-order valence-electron chi connectivity index (χ2n) is 6.08. The molecule has 4 nitrogen and oxygen atoms in total. The van der Waals surface area contributed by atoms with Crippen molar-refractivity contribution in [2.24, 2.45) is 0 Å². The van der Waals surface area contributed by atoms with Crippen LogP contribution < -0.4 is 4.74 Å². The third-order valence-corrected chi connectivity index (χ3v) is 5.63. The van der Waals surface area contributed by atoms with E-state index in [0.717, 1.165) is 5.56 Å². The fourth-order valence-electron chi connectivity index (χ4n) is 3.22. The van der Waals surface area contributed by atoms with Crippen molar-refractivity contribution in [3.05, 3.63) is 64.7 Å². The Kier molecular flexibility index (Phi) is 3.21. The van der Waals surface area contributed by atoms with E-state index in [1.165, 1.54) is 0 Å². The SMILES string of the molecule is O=C1c2ccccc2COc2ccc(C3(C(=O)O)CC3(Cl)Cl)cc21. The van der Waals surface area contributed by atoms with Crippen molar-refractivity contribution in [2.75, 3.05) is 0 Å². The first-order valence-corrected chi connectivity index (χ1v) is 8.13. The lowest BCUT2D eigenvalue weighted by molar-refractivity contribution is -0.140. The second-order valence-corrected chi connectivity index (χ2v) is 7.56. The molecule has 0 aromatic heterocycles. The van der Waals surface area contributed by atoms with E-state index in [0.29, 0.717) is 22.4 Å². The lowest BCUT2D eigenvalue weighted by Gasteiger charge is -2.16. The molecular formula is C18H12Cl2O4. The van der Waals surface area contributed by atoms with Gasteiger partial charge >= 0.3 is 5.97 Å². The fraction of sp³-hybridized carbons (Fsp3) is 0.222. The lowest BCUT2D eigenvalue weighted by atomic mass is 9.91. The number of ketones is 1. The summed E-state index contributed by atoms with van der Waals surface area (Å²) in [4.78, 5) is 24.6. The first kappa shape index (κ1) is 15.5. The van der Waals surface area contributed by atoms with Gasteiger partial charge in [0.25, 0.3) is 0 Å². The predicted octanol–water partition coefficient (Wildman–Crippen LogP) is 3.71. The second kappa shape index (κ2) is 4.98. The first-order chi connectivity index (χ1) is 11.4. The van der Waals surface area contributed by atoms with Gasteiger partial charge in [0.2, 0.25) is 0 Å². The van der Waals surface area contributed by atoms with Crippen LogP contribution in [0, 0.1) is 0 Å². The summed E-state index contributed by atoms with van der Waals surface area (Å²) in [5.74, 6) is -0.874. The maximum atomic E-state index is 12.9. The molecule has 1 aliphatic carbocycles. The van der Waals surface area contributed by atoms with E-state index in [9.17, 15) is 14.7 Å². The van der Waals surface area contributed by atoms with Crippen LogP contribution in [0.3, 0.4) is 0 Å². The highest BCUT2D eigenvalue weighted by Gasteiger charge is 2.72. The molecular weight excluding hydrogens is 351 g/mol. The Morgan fingerprint density at radius 2 is 1.83 bits per heavy atom. The van der Waals surface area contributed by atoms with E-state index in [1.54, 1.807) is 30.3 Å². The van der Waals surface area contributed by atoms with Crippen LogP contribution in [0.4, 0.5) is 0 Å². The molecule has 0 radical (unpaired) electrons. The Bertz CT molecular complexity index is 890. The van der Waals surface area contributed by atoms with E-state index in [2.05, 4.69) is 0 Å². The molecule has 4 rings (SSSR count). The van der Waals surface area contributed by atoms with Crippen molar-refractivity contribution in [1.29, 1.82) is 0 Å². The Hall–Kier alpha value is -2.04. The number of carboxylic acids is 1.